The Labute approximate surface area is 54.6 Å². The first-order valence-corrected chi connectivity index (χ1v) is 2.86. The largest absolute Gasteiger partial charge is 0.550 e. The molecule has 0 heterocycles. The van der Waals surface area contributed by atoms with Crippen LogP contribution in [0.4, 0.5) is 0 Å². The van der Waals surface area contributed by atoms with E-state index in [1.807, 2.05) is 20.2 Å². The van der Waals surface area contributed by atoms with Gasteiger partial charge in [0.05, 0.1) is 0 Å². The van der Waals surface area contributed by atoms with Gasteiger partial charge in [0, 0.05) is 19.3 Å². The van der Waals surface area contributed by atoms with E-state index in [1.54, 1.807) is 4.58 Å². The quantitative estimate of drug-likeness (QED) is 0.357. The molecule has 0 rings (SSSR count). The fourth-order valence-electron chi connectivity index (χ4n) is 0.397. The Bertz CT molecular complexity index is 129. The summed E-state index contributed by atoms with van der Waals surface area (Å²) in [5.74, 6) is -0.997. The van der Waals surface area contributed by atoms with E-state index in [4.69, 9.17) is 0 Å². The maximum atomic E-state index is 9.87. The molecule has 0 radical (unpaired) electrons. The molecule has 0 N–H and O–H groups in total. The molecule has 0 aliphatic carbocycles. The summed E-state index contributed by atoms with van der Waals surface area (Å²) in [5, 5.41) is 9.87. The minimum absolute atomic E-state index is 0.0981. The van der Waals surface area contributed by atoms with Crippen molar-refractivity contribution >= 4 is 12.2 Å². The van der Waals surface area contributed by atoms with Gasteiger partial charge in [0.1, 0.15) is 19.8 Å². The van der Waals surface area contributed by atoms with Crippen LogP contribution >= 0.6 is 0 Å². The average molecular weight is 129 g/mol. The first-order valence-electron chi connectivity index (χ1n) is 2.86. The Morgan fingerprint density at radius 2 is 2.33 bits per heavy atom. The van der Waals surface area contributed by atoms with Crippen LogP contribution in [0.15, 0.2) is 0 Å². The van der Waals surface area contributed by atoms with Crippen molar-refractivity contribution in [3.63, 3.8) is 0 Å². The normalized spacial score (nSPS) is 11.6. The Morgan fingerprint density at radius 3 is 2.67 bits per heavy atom. The second-order valence-corrected chi connectivity index (χ2v) is 1.86. The maximum Gasteiger partial charge on any atom is 0.147 e. The van der Waals surface area contributed by atoms with Crippen LogP contribution < -0.4 is 5.11 Å². The molecule has 52 valence electrons. The van der Waals surface area contributed by atoms with Gasteiger partial charge in [-0.15, -0.1) is 0 Å². The average Bonchev–Trinajstić information content (AvgIpc) is 1.83. The molecule has 0 bridgehead atoms. The number of nitrogens with zero attached hydrogens (tertiary/aromatic N) is 1. The van der Waals surface area contributed by atoms with Crippen molar-refractivity contribution in [2.24, 2.45) is 0 Å². The molecule has 0 aliphatic rings. The molecule has 0 spiro atoms. The Balaban J connectivity index is 3.39. The number of carboxylic acids is 1. The van der Waals surface area contributed by atoms with Crippen LogP contribution in [0.3, 0.4) is 0 Å². The first-order chi connectivity index (χ1) is 4.16. The molecule has 0 aromatic heterocycles. The molecule has 3 heteroatoms. The fourth-order valence-corrected chi connectivity index (χ4v) is 0.397. The van der Waals surface area contributed by atoms with Gasteiger partial charge in [-0.3, -0.25) is 0 Å². The van der Waals surface area contributed by atoms with Gasteiger partial charge in [-0.05, 0) is 0 Å². The smallest absolute Gasteiger partial charge is 0.147 e. The molecular weight excluding hydrogens is 118 g/mol. The summed E-state index contributed by atoms with van der Waals surface area (Å²) in [4.78, 5) is 9.87. The van der Waals surface area contributed by atoms with Crippen LogP contribution in [0.2, 0.25) is 0 Å². The van der Waals surface area contributed by atoms with Crippen LogP contribution in [0.5, 0.6) is 0 Å². The van der Waals surface area contributed by atoms with Gasteiger partial charge >= 0.3 is 0 Å². The van der Waals surface area contributed by atoms with Gasteiger partial charge in [0.25, 0.3) is 0 Å². The van der Waals surface area contributed by atoms with Gasteiger partial charge in [-0.1, -0.05) is 0 Å². The van der Waals surface area contributed by atoms with Gasteiger partial charge in [0.15, 0.2) is 0 Å². The van der Waals surface area contributed by atoms with E-state index in [2.05, 4.69) is 0 Å². The van der Waals surface area contributed by atoms with Crippen LogP contribution in [-0.2, 0) is 4.79 Å². The zero-order chi connectivity index (χ0) is 7.28. The molecule has 0 atom stereocenters. The number of hydrogen-bond acceptors (Lipinski definition) is 2. The third-order valence-electron chi connectivity index (χ3n) is 1.11. The van der Waals surface area contributed by atoms with Crippen molar-refractivity contribution in [3.05, 3.63) is 0 Å². The molecule has 0 aromatic rings. The molecule has 9 heavy (non-hydrogen) atoms. The molecule has 0 unspecified atom stereocenters. The maximum absolute atomic E-state index is 9.87. The lowest BCUT2D eigenvalue weighted by atomic mass is 10.4. The number of carboxylic acid groups (broad SMARTS) is 1. The summed E-state index contributed by atoms with van der Waals surface area (Å²) in [7, 11) is 1.82. The number of carbonyl (C=O) groups excluding carboxylic acids is 1. The lowest BCUT2D eigenvalue weighted by molar-refractivity contribution is -0.493. The van der Waals surface area contributed by atoms with Crippen molar-refractivity contribution in [3.8, 4) is 0 Å². The summed E-state index contributed by atoms with van der Waals surface area (Å²) < 4.78 is 1.80. The van der Waals surface area contributed by atoms with Crippen molar-refractivity contribution in [1.82, 2.24) is 0 Å². The summed E-state index contributed by atoms with van der Waals surface area (Å²) in [6, 6.07) is 0. The van der Waals surface area contributed by atoms with Gasteiger partial charge in [-0.25, -0.2) is 4.58 Å². The zero-order valence-electron chi connectivity index (χ0n) is 5.76. The highest BCUT2D eigenvalue weighted by Gasteiger charge is 1.92. The minimum atomic E-state index is -0.997. The number of rotatable bonds is 3. The predicted molar refractivity (Wildman–Crippen MR) is 32.4 cm³/mol. The highest BCUT2D eigenvalue weighted by molar-refractivity contribution is 5.64. The van der Waals surface area contributed by atoms with Crippen molar-refractivity contribution < 1.29 is 14.5 Å². The van der Waals surface area contributed by atoms with Gasteiger partial charge in [-0.2, -0.15) is 0 Å². The fraction of sp³-hybridized carbons (Fsp3) is 0.667. The Hall–Kier alpha value is -0.860. The number of aliphatic carboxylic acids is 1. The second-order valence-electron chi connectivity index (χ2n) is 1.86. The van der Waals surface area contributed by atoms with Crippen molar-refractivity contribution in [1.29, 1.82) is 0 Å². The lowest BCUT2D eigenvalue weighted by Gasteiger charge is -1.96. The monoisotopic (exact) mass is 129 g/mol. The van der Waals surface area contributed by atoms with Gasteiger partial charge < -0.3 is 9.90 Å². The van der Waals surface area contributed by atoms with E-state index < -0.39 is 5.97 Å². The second kappa shape index (κ2) is 4.06. The van der Waals surface area contributed by atoms with E-state index in [1.165, 1.54) is 0 Å². The highest BCUT2D eigenvalue weighted by Crippen LogP contribution is 1.74. The van der Waals surface area contributed by atoms with Gasteiger partial charge in [0.2, 0.25) is 0 Å². The van der Waals surface area contributed by atoms with Crippen LogP contribution in [0.25, 0.3) is 0 Å². The van der Waals surface area contributed by atoms with E-state index in [0.29, 0.717) is 6.54 Å². The number of carbonyl (C=O) groups is 1. The molecule has 0 saturated carbocycles. The van der Waals surface area contributed by atoms with E-state index in [9.17, 15) is 9.90 Å². The summed E-state index contributed by atoms with van der Waals surface area (Å²) in [6.45, 7) is 2.38. The zero-order valence-corrected chi connectivity index (χ0v) is 5.76. The van der Waals surface area contributed by atoms with Crippen molar-refractivity contribution in [2.75, 3.05) is 13.6 Å². The van der Waals surface area contributed by atoms with E-state index in [0.717, 1.165) is 0 Å². The molecule has 3 nitrogen and oxygen atoms in total. The molecule has 0 aromatic carbocycles. The van der Waals surface area contributed by atoms with Crippen LogP contribution in [0, 0.1) is 0 Å². The molecule has 0 aliphatic heterocycles. The molecule has 0 fully saturated rings. The Morgan fingerprint density at radius 1 is 1.78 bits per heavy atom. The molecule has 0 amide bonds. The van der Waals surface area contributed by atoms with E-state index >= 15 is 0 Å². The van der Waals surface area contributed by atoms with Crippen LogP contribution in [-0.4, -0.2) is 30.4 Å². The predicted octanol–water partition coefficient (Wildman–Crippen LogP) is -1.14. The standard InChI is InChI=1S/C6H11NO2/c1-3-7(2)5-4-6(8)9/h3H,4-5H2,1-2H3. The Kier molecular flexibility index (Phi) is 3.67. The van der Waals surface area contributed by atoms with Crippen LogP contribution in [0.1, 0.15) is 13.3 Å². The molecular formula is C6H11NO2. The minimum Gasteiger partial charge on any atom is -0.550 e. The first kappa shape index (κ1) is 8.14. The third-order valence-corrected chi connectivity index (χ3v) is 1.11. The van der Waals surface area contributed by atoms with E-state index in [-0.39, 0.29) is 6.42 Å². The topological polar surface area (TPSA) is 43.1 Å². The highest BCUT2D eigenvalue weighted by atomic mass is 16.4. The lowest BCUT2D eigenvalue weighted by Crippen LogP contribution is -2.25. The summed E-state index contributed by atoms with van der Waals surface area (Å²) >= 11 is 0. The summed E-state index contributed by atoms with van der Waals surface area (Å²) in [6.07, 6.45) is 1.92. The third kappa shape index (κ3) is 5.00. The van der Waals surface area contributed by atoms with Crippen molar-refractivity contribution in [2.45, 2.75) is 13.3 Å². The molecule has 0 saturated heterocycles. The SMILES string of the molecule is CC=[N+](C)CCC(=O)[O-]. The number of hydrogen-bond donors (Lipinski definition) is 0. The summed E-state index contributed by atoms with van der Waals surface area (Å²) in [5.41, 5.74) is 0.